The lowest BCUT2D eigenvalue weighted by Crippen LogP contribution is -2.33. The van der Waals surface area contributed by atoms with Crippen LogP contribution in [0.15, 0.2) is 48.5 Å². The molecule has 0 radical (unpaired) electrons. The van der Waals surface area contributed by atoms with Gasteiger partial charge in [-0.3, -0.25) is 4.79 Å². The summed E-state index contributed by atoms with van der Waals surface area (Å²) in [4.78, 5) is 23.5. The number of aromatic hydroxyl groups is 1. The zero-order valence-electron chi connectivity index (χ0n) is 11.4. The second-order valence-corrected chi connectivity index (χ2v) is 4.68. The number of phenolic OH excluding ortho intramolecular Hbond substituents is 1. The van der Waals surface area contributed by atoms with Crippen molar-refractivity contribution in [2.24, 2.45) is 0 Å². The number of carbonyl (C=O) groups is 2. The van der Waals surface area contributed by atoms with Gasteiger partial charge in [-0.05, 0) is 30.2 Å². The van der Waals surface area contributed by atoms with Gasteiger partial charge in [-0.2, -0.15) is 0 Å². The monoisotopic (exact) mass is 285 g/mol. The topological polar surface area (TPSA) is 86.6 Å². The Morgan fingerprint density at radius 1 is 1.10 bits per heavy atom. The van der Waals surface area contributed by atoms with Gasteiger partial charge in [0.15, 0.2) is 6.04 Å². The van der Waals surface area contributed by atoms with Crippen LogP contribution in [-0.2, 0) is 4.79 Å². The van der Waals surface area contributed by atoms with E-state index in [0.717, 1.165) is 5.56 Å². The highest BCUT2D eigenvalue weighted by atomic mass is 16.4. The Bertz CT molecular complexity index is 667. The molecular weight excluding hydrogens is 270 g/mol. The third-order valence-electron chi connectivity index (χ3n) is 3.05. The van der Waals surface area contributed by atoms with Crippen LogP contribution in [0.1, 0.15) is 27.5 Å². The van der Waals surface area contributed by atoms with E-state index in [0.29, 0.717) is 5.56 Å². The summed E-state index contributed by atoms with van der Waals surface area (Å²) in [5, 5.41) is 21.4. The van der Waals surface area contributed by atoms with Crippen molar-refractivity contribution < 1.29 is 19.8 Å². The highest BCUT2D eigenvalue weighted by Crippen LogP contribution is 2.20. The molecule has 0 unspecified atom stereocenters. The minimum Gasteiger partial charge on any atom is -0.507 e. The van der Waals surface area contributed by atoms with Crippen LogP contribution in [0, 0.1) is 6.92 Å². The first kappa shape index (κ1) is 14.6. The number of amides is 1. The van der Waals surface area contributed by atoms with Crippen LogP contribution in [0.5, 0.6) is 5.75 Å². The highest BCUT2D eigenvalue weighted by molar-refractivity contribution is 5.99. The molecule has 0 fully saturated rings. The van der Waals surface area contributed by atoms with E-state index in [9.17, 15) is 19.8 Å². The molecule has 3 N–H and O–H groups in total. The summed E-state index contributed by atoms with van der Waals surface area (Å²) in [5.41, 5.74) is 1.31. The molecule has 2 aromatic carbocycles. The van der Waals surface area contributed by atoms with Crippen molar-refractivity contribution in [3.63, 3.8) is 0 Å². The standard InChI is InChI=1S/C16H15NO4/c1-10-7-8-12(13(18)9-10)15(19)17-14(16(20)21)11-5-3-2-4-6-11/h2-9,14,18H,1H3,(H,17,19)(H,20,21)/t14-/m0/s1. The number of carbonyl (C=O) groups excluding carboxylic acids is 1. The smallest absolute Gasteiger partial charge is 0.330 e. The van der Waals surface area contributed by atoms with E-state index in [-0.39, 0.29) is 11.3 Å². The molecule has 5 nitrogen and oxygen atoms in total. The van der Waals surface area contributed by atoms with E-state index < -0.39 is 17.9 Å². The van der Waals surface area contributed by atoms with Crippen LogP contribution in [0.4, 0.5) is 0 Å². The van der Waals surface area contributed by atoms with Gasteiger partial charge in [0.25, 0.3) is 5.91 Å². The van der Waals surface area contributed by atoms with Crippen LogP contribution < -0.4 is 5.32 Å². The van der Waals surface area contributed by atoms with E-state index in [1.54, 1.807) is 43.3 Å². The van der Waals surface area contributed by atoms with Gasteiger partial charge >= 0.3 is 5.97 Å². The lowest BCUT2D eigenvalue weighted by Gasteiger charge is -2.15. The maximum atomic E-state index is 12.1. The molecule has 0 saturated heterocycles. The SMILES string of the molecule is Cc1ccc(C(=O)N[C@H](C(=O)O)c2ccccc2)c(O)c1. The molecule has 1 amide bonds. The molecule has 0 bridgehead atoms. The fourth-order valence-corrected chi connectivity index (χ4v) is 1.98. The third-order valence-corrected chi connectivity index (χ3v) is 3.05. The molecule has 21 heavy (non-hydrogen) atoms. The number of carboxylic acid groups (broad SMARTS) is 1. The average Bonchev–Trinajstić information content (AvgIpc) is 2.45. The Morgan fingerprint density at radius 3 is 2.33 bits per heavy atom. The van der Waals surface area contributed by atoms with E-state index in [1.807, 2.05) is 0 Å². The van der Waals surface area contributed by atoms with Gasteiger partial charge in [0.2, 0.25) is 0 Å². The summed E-state index contributed by atoms with van der Waals surface area (Å²) in [6.45, 7) is 1.78. The van der Waals surface area contributed by atoms with Crippen molar-refractivity contribution in [1.29, 1.82) is 0 Å². The zero-order valence-corrected chi connectivity index (χ0v) is 11.4. The Morgan fingerprint density at radius 2 is 1.76 bits per heavy atom. The van der Waals surface area contributed by atoms with E-state index >= 15 is 0 Å². The van der Waals surface area contributed by atoms with Crippen molar-refractivity contribution in [3.05, 3.63) is 65.2 Å². The molecule has 0 aliphatic heterocycles. The predicted molar refractivity (Wildman–Crippen MR) is 77.1 cm³/mol. The molecule has 0 aliphatic carbocycles. The number of aryl methyl sites for hydroxylation is 1. The summed E-state index contributed by atoms with van der Waals surface area (Å²) < 4.78 is 0. The molecule has 108 valence electrons. The van der Waals surface area contributed by atoms with E-state index in [2.05, 4.69) is 5.32 Å². The molecular formula is C16H15NO4. The zero-order chi connectivity index (χ0) is 15.4. The predicted octanol–water partition coefficient (Wildman–Crippen LogP) is 2.26. The number of aliphatic carboxylic acids is 1. The molecule has 0 saturated carbocycles. The largest absolute Gasteiger partial charge is 0.507 e. The lowest BCUT2D eigenvalue weighted by atomic mass is 10.1. The average molecular weight is 285 g/mol. The summed E-state index contributed by atoms with van der Waals surface area (Å²) >= 11 is 0. The van der Waals surface area contributed by atoms with Crippen LogP contribution in [-0.4, -0.2) is 22.1 Å². The first-order valence-electron chi connectivity index (χ1n) is 6.37. The first-order valence-corrected chi connectivity index (χ1v) is 6.37. The van der Waals surface area contributed by atoms with Gasteiger partial charge in [-0.15, -0.1) is 0 Å². The molecule has 5 heteroatoms. The molecule has 1 atom stereocenters. The fourth-order valence-electron chi connectivity index (χ4n) is 1.98. The summed E-state index contributed by atoms with van der Waals surface area (Å²) in [5.74, 6) is -1.98. The number of nitrogens with one attached hydrogen (secondary N) is 1. The van der Waals surface area contributed by atoms with Crippen molar-refractivity contribution in [2.75, 3.05) is 0 Å². The van der Waals surface area contributed by atoms with Crippen molar-refractivity contribution in [3.8, 4) is 5.75 Å². The second-order valence-electron chi connectivity index (χ2n) is 4.68. The number of hydrogen-bond acceptors (Lipinski definition) is 3. The number of benzene rings is 2. The van der Waals surface area contributed by atoms with Crippen LogP contribution in [0.2, 0.25) is 0 Å². The number of phenols is 1. The first-order chi connectivity index (χ1) is 9.99. The quantitative estimate of drug-likeness (QED) is 0.804. The van der Waals surface area contributed by atoms with Crippen molar-refractivity contribution >= 4 is 11.9 Å². The normalized spacial score (nSPS) is 11.7. The van der Waals surface area contributed by atoms with Crippen LogP contribution >= 0.6 is 0 Å². The molecule has 0 aromatic heterocycles. The Hall–Kier alpha value is -2.82. The lowest BCUT2D eigenvalue weighted by molar-refractivity contribution is -0.139. The van der Waals surface area contributed by atoms with Gasteiger partial charge in [-0.1, -0.05) is 36.4 Å². The third kappa shape index (κ3) is 3.39. The number of rotatable bonds is 4. The Kier molecular flexibility index (Phi) is 4.23. The molecule has 0 aliphatic rings. The Balaban J connectivity index is 2.25. The maximum absolute atomic E-state index is 12.1. The summed E-state index contributed by atoms with van der Waals surface area (Å²) in [6, 6.07) is 11.8. The maximum Gasteiger partial charge on any atom is 0.330 e. The minimum absolute atomic E-state index is 0.0442. The molecule has 2 aromatic rings. The van der Waals surface area contributed by atoms with E-state index in [4.69, 9.17) is 0 Å². The summed E-state index contributed by atoms with van der Waals surface area (Å²) in [7, 11) is 0. The highest BCUT2D eigenvalue weighted by Gasteiger charge is 2.23. The van der Waals surface area contributed by atoms with Crippen LogP contribution in [0.25, 0.3) is 0 Å². The summed E-state index contributed by atoms with van der Waals surface area (Å²) in [6.07, 6.45) is 0. The van der Waals surface area contributed by atoms with Gasteiger partial charge in [0, 0.05) is 0 Å². The molecule has 0 spiro atoms. The fraction of sp³-hybridized carbons (Fsp3) is 0.125. The van der Waals surface area contributed by atoms with Gasteiger partial charge in [0.05, 0.1) is 5.56 Å². The van der Waals surface area contributed by atoms with E-state index in [1.165, 1.54) is 12.1 Å². The van der Waals surface area contributed by atoms with Crippen molar-refractivity contribution in [2.45, 2.75) is 13.0 Å². The van der Waals surface area contributed by atoms with Gasteiger partial charge in [-0.25, -0.2) is 4.79 Å². The molecule has 0 heterocycles. The number of hydrogen-bond donors (Lipinski definition) is 3. The Labute approximate surface area is 121 Å². The van der Waals surface area contributed by atoms with Gasteiger partial charge < -0.3 is 15.5 Å². The molecule has 2 rings (SSSR count). The second kappa shape index (κ2) is 6.09. The number of carboxylic acids is 1. The minimum atomic E-state index is -1.17. The van der Waals surface area contributed by atoms with Gasteiger partial charge in [0.1, 0.15) is 5.75 Å². The van der Waals surface area contributed by atoms with Crippen LogP contribution in [0.3, 0.4) is 0 Å². The van der Waals surface area contributed by atoms with Crippen molar-refractivity contribution in [1.82, 2.24) is 5.32 Å².